The average Bonchev–Trinajstić information content (AvgIpc) is 3.98. The second kappa shape index (κ2) is 20.1. The SMILES string of the molecule is CC(C)C(C(=O)N1CCCC1C(=O)Nc1ccc(CN(Cc2ccc(NC(=O)C3CCCN3C(=O)C(c3ccccc3)C(C)C)cc2)c2ccc(F)cc2)cc1)c1ccccc1. The molecule has 7 rings (SSSR count). The van der Waals surface area contributed by atoms with Gasteiger partial charge in [0, 0.05) is 43.2 Å². The first-order valence-electron chi connectivity index (χ1n) is 22.0. The highest BCUT2D eigenvalue weighted by atomic mass is 19.1. The summed E-state index contributed by atoms with van der Waals surface area (Å²) in [7, 11) is 0. The molecule has 4 atom stereocenters. The van der Waals surface area contributed by atoms with Gasteiger partial charge >= 0.3 is 0 Å². The van der Waals surface area contributed by atoms with Crippen LogP contribution in [0.15, 0.2) is 133 Å². The number of carbonyl (C=O) groups excluding carboxylic acids is 4. The molecule has 0 spiro atoms. The summed E-state index contributed by atoms with van der Waals surface area (Å²) >= 11 is 0. The van der Waals surface area contributed by atoms with Crippen LogP contribution >= 0.6 is 0 Å². The normalized spacial score (nSPS) is 17.2. The molecule has 10 heteroatoms. The van der Waals surface area contributed by atoms with Gasteiger partial charge < -0.3 is 25.3 Å². The number of anilines is 3. The van der Waals surface area contributed by atoms with E-state index < -0.39 is 12.1 Å². The molecule has 322 valence electrons. The number of benzene rings is 5. The van der Waals surface area contributed by atoms with E-state index in [1.54, 1.807) is 21.9 Å². The monoisotopic (exact) mass is 835 g/mol. The molecule has 2 aliphatic rings. The summed E-state index contributed by atoms with van der Waals surface area (Å²) in [6, 6.07) is 40.3. The molecule has 9 nitrogen and oxygen atoms in total. The Hall–Kier alpha value is -6.29. The van der Waals surface area contributed by atoms with Gasteiger partial charge in [0.05, 0.1) is 11.8 Å². The maximum absolute atomic E-state index is 14.0. The number of hydrogen-bond acceptors (Lipinski definition) is 5. The van der Waals surface area contributed by atoms with Crippen molar-refractivity contribution in [2.45, 2.75) is 90.4 Å². The fourth-order valence-electron chi connectivity index (χ4n) is 9.08. The number of nitrogens with zero attached hydrogens (tertiary/aromatic N) is 3. The Kier molecular flexibility index (Phi) is 14.2. The van der Waals surface area contributed by atoms with E-state index in [2.05, 4.69) is 15.5 Å². The van der Waals surface area contributed by atoms with Crippen LogP contribution in [0, 0.1) is 17.7 Å². The minimum atomic E-state index is -0.537. The predicted molar refractivity (Wildman–Crippen MR) is 244 cm³/mol. The van der Waals surface area contributed by atoms with E-state index >= 15 is 0 Å². The van der Waals surface area contributed by atoms with Gasteiger partial charge in [-0.05, 0) is 108 Å². The highest BCUT2D eigenvalue weighted by Crippen LogP contribution is 2.33. The van der Waals surface area contributed by atoms with Crippen LogP contribution in [-0.2, 0) is 32.3 Å². The number of nitrogens with one attached hydrogen (secondary N) is 2. The van der Waals surface area contributed by atoms with Gasteiger partial charge in [-0.15, -0.1) is 0 Å². The highest BCUT2D eigenvalue weighted by molar-refractivity contribution is 5.99. The van der Waals surface area contributed by atoms with Crippen molar-refractivity contribution in [2.24, 2.45) is 11.8 Å². The topological polar surface area (TPSA) is 102 Å². The third-order valence-electron chi connectivity index (χ3n) is 12.2. The molecule has 0 aromatic heterocycles. The Morgan fingerprint density at radius 3 is 1.32 bits per heavy atom. The van der Waals surface area contributed by atoms with Gasteiger partial charge in [0.2, 0.25) is 23.6 Å². The molecule has 0 aliphatic carbocycles. The third-order valence-corrected chi connectivity index (χ3v) is 12.2. The summed E-state index contributed by atoms with van der Waals surface area (Å²) in [5.74, 6) is -1.20. The van der Waals surface area contributed by atoms with Gasteiger partial charge in [0.25, 0.3) is 0 Å². The maximum Gasteiger partial charge on any atom is 0.247 e. The summed E-state index contributed by atoms with van der Waals surface area (Å²) in [6.45, 7) is 10.3. The van der Waals surface area contributed by atoms with Crippen LogP contribution in [0.25, 0.3) is 0 Å². The molecule has 4 unspecified atom stereocenters. The third kappa shape index (κ3) is 10.4. The van der Waals surface area contributed by atoms with Crippen LogP contribution in [0.4, 0.5) is 21.5 Å². The predicted octanol–water partition coefficient (Wildman–Crippen LogP) is 9.77. The largest absolute Gasteiger partial charge is 0.363 e. The van der Waals surface area contributed by atoms with Gasteiger partial charge in [-0.3, -0.25) is 19.2 Å². The minimum absolute atomic E-state index is 0.0115. The van der Waals surface area contributed by atoms with Crippen molar-refractivity contribution in [3.63, 3.8) is 0 Å². The number of rotatable bonds is 15. The second-order valence-electron chi connectivity index (χ2n) is 17.3. The summed E-state index contributed by atoms with van der Waals surface area (Å²) in [5, 5.41) is 6.12. The van der Waals surface area contributed by atoms with Gasteiger partial charge in [0.1, 0.15) is 17.9 Å². The Bertz CT molecular complexity index is 2140. The molecular formula is C52H58FN5O4. The van der Waals surface area contributed by atoms with E-state index in [1.807, 2.05) is 137 Å². The standard InChI is InChI=1S/C52H58FN5O4/c1-35(2)47(39-13-7-5-8-14-39)51(61)57-31-11-17-45(57)49(59)54-42-25-19-37(20-26-42)33-56(44-29-23-41(53)24-30-44)34-38-21-27-43(28-22-38)55-50(60)46-18-12-32-58(46)52(62)48(36(3)4)40-15-9-6-10-16-40/h5-10,13-16,19-30,35-36,45-48H,11-12,17-18,31-34H2,1-4H3,(H,54,59)(H,55,60). The van der Waals surface area contributed by atoms with Crippen LogP contribution in [0.1, 0.15) is 87.5 Å². The zero-order chi connectivity index (χ0) is 43.8. The Balaban J connectivity index is 0.983. The molecule has 2 saturated heterocycles. The molecule has 0 saturated carbocycles. The van der Waals surface area contributed by atoms with Crippen LogP contribution in [0.5, 0.6) is 0 Å². The van der Waals surface area contributed by atoms with E-state index in [-0.39, 0.29) is 53.1 Å². The molecule has 2 N–H and O–H groups in total. The quantitative estimate of drug-likeness (QED) is 0.109. The van der Waals surface area contributed by atoms with Gasteiger partial charge in [-0.1, -0.05) is 113 Å². The second-order valence-corrected chi connectivity index (χ2v) is 17.3. The first-order valence-corrected chi connectivity index (χ1v) is 22.0. The molecule has 2 aliphatic heterocycles. The Morgan fingerprint density at radius 1 is 0.565 bits per heavy atom. The van der Waals surface area contributed by atoms with Crippen LogP contribution in [0.3, 0.4) is 0 Å². The minimum Gasteiger partial charge on any atom is -0.363 e. The average molecular weight is 836 g/mol. The molecule has 4 amide bonds. The lowest BCUT2D eigenvalue weighted by molar-refractivity contribution is -0.139. The molecule has 0 radical (unpaired) electrons. The zero-order valence-corrected chi connectivity index (χ0v) is 36.2. The summed E-state index contributed by atoms with van der Waals surface area (Å²) < 4.78 is 14.0. The summed E-state index contributed by atoms with van der Waals surface area (Å²) in [5.41, 5.74) is 6.03. The maximum atomic E-state index is 14.0. The summed E-state index contributed by atoms with van der Waals surface area (Å²) in [6.07, 6.45) is 2.77. The van der Waals surface area contributed by atoms with Gasteiger partial charge in [-0.2, -0.15) is 0 Å². The van der Waals surface area contributed by atoms with Crippen molar-refractivity contribution < 1.29 is 23.6 Å². The van der Waals surface area contributed by atoms with E-state index in [0.29, 0.717) is 50.4 Å². The molecule has 2 heterocycles. The van der Waals surface area contributed by atoms with Crippen LogP contribution in [-0.4, -0.2) is 58.6 Å². The van der Waals surface area contributed by atoms with E-state index in [9.17, 15) is 23.6 Å². The molecule has 5 aromatic rings. The molecular weight excluding hydrogens is 778 g/mol. The first kappa shape index (κ1) is 43.8. The zero-order valence-electron chi connectivity index (χ0n) is 36.2. The van der Waals surface area contributed by atoms with E-state index in [0.717, 1.165) is 40.8 Å². The van der Waals surface area contributed by atoms with Crippen LogP contribution in [0.2, 0.25) is 0 Å². The lowest BCUT2D eigenvalue weighted by Gasteiger charge is -2.30. The van der Waals surface area contributed by atoms with E-state index in [1.165, 1.54) is 12.1 Å². The smallest absolute Gasteiger partial charge is 0.247 e. The molecule has 2 fully saturated rings. The number of hydrogen-bond donors (Lipinski definition) is 2. The van der Waals surface area contributed by atoms with E-state index in [4.69, 9.17) is 0 Å². The number of halogens is 1. The van der Waals surface area contributed by atoms with Gasteiger partial charge in [0.15, 0.2) is 0 Å². The van der Waals surface area contributed by atoms with Crippen molar-refractivity contribution in [3.05, 3.63) is 162 Å². The molecule has 5 aromatic carbocycles. The summed E-state index contributed by atoms with van der Waals surface area (Å²) in [4.78, 5) is 60.7. The van der Waals surface area contributed by atoms with Crippen molar-refractivity contribution in [1.29, 1.82) is 0 Å². The Morgan fingerprint density at radius 2 is 0.952 bits per heavy atom. The van der Waals surface area contributed by atoms with Crippen molar-refractivity contribution in [2.75, 3.05) is 28.6 Å². The van der Waals surface area contributed by atoms with Crippen LogP contribution < -0.4 is 15.5 Å². The lowest BCUT2D eigenvalue weighted by Crippen LogP contribution is -2.46. The van der Waals surface area contributed by atoms with Crippen molar-refractivity contribution in [3.8, 4) is 0 Å². The number of carbonyl (C=O) groups is 4. The Labute approximate surface area is 365 Å². The fraction of sp³-hybridized carbons (Fsp3) is 0.346. The molecule has 0 bridgehead atoms. The van der Waals surface area contributed by atoms with Crippen molar-refractivity contribution >= 4 is 40.7 Å². The number of likely N-dealkylation sites (tertiary alicyclic amines) is 2. The number of amides is 4. The fourth-order valence-corrected chi connectivity index (χ4v) is 9.08. The molecule has 62 heavy (non-hydrogen) atoms. The van der Waals surface area contributed by atoms with Gasteiger partial charge in [-0.25, -0.2) is 4.39 Å². The lowest BCUT2D eigenvalue weighted by atomic mass is 9.87. The highest BCUT2D eigenvalue weighted by Gasteiger charge is 2.40. The first-order chi connectivity index (χ1) is 30.0. The van der Waals surface area contributed by atoms with Crippen molar-refractivity contribution in [1.82, 2.24) is 9.80 Å².